The van der Waals surface area contributed by atoms with Gasteiger partial charge in [0.25, 0.3) is 5.91 Å². The minimum Gasteiger partial charge on any atom is -0.294 e. The molecule has 2 fully saturated rings. The SMILES string of the molecule is O=C(CN1CCCCC1)N/N=C\[C@H]1[C@H](c2ccccc2)C1(Cl)Cl. The van der Waals surface area contributed by atoms with Crippen molar-refractivity contribution in [2.75, 3.05) is 19.6 Å². The zero-order valence-corrected chi connectivity index (χ0v) is 14.4. The van der Waals surface area contributed by atoms with Gasteiger partial charge in [0, 0.05) is 18.1 Å². The maximum absolute atomic E-state index is 11.9. The molecule has 1 aromatic rings. The van der Waals surface area contributed by atoms with Crippen LogP contribution in [0, 0.1) is 5.92 Å². The molecule has 0 radical (unpaired) electrons. The molecule has 4 nitrogen and oxygen atoms in total. The third kappa shape index (κ3) is 4.06. The Balaban J connectivity index is 1.49. The Morgan fingerprint density at radius 3 is 2.65 bits per heavy atom. The summed E-state index contributed by atoms with van der Waals surface area (Å²) in [5.41, 5.74) is 3.67. The maximum Gasteiger partial charge on any atom is 0.254 e. The number of rotatable bonds is 5. The van der Waals surface area contributed by atoms with Gasteiger partial charge in [0.05, 0.1) is 6.54 Å². The van der Waals surface area contributed by atoms with Crippen molar-refractivity contribution in [2.45, 2.75) is 29.5 Å². The van der Waals surface area contributed by atoms with Crippen LogP contribution in [-0.2, 0) is 4.79 Å². The van der Waals surface area contributed by atoms with E-state index in [9.17, 15) is 4.79 Å². The quantitative estimate of drug-likeness (QED) is 0.502. The van der Waals surface area contributed by atoms with Crippen LogP contribution in [0.4, 0.5) is 0 Å². The molecule has 1 aliphatic heterocycles. The average Bonchev–Trinajstić information content (AvgIpc) is 3.10. The lowest BCUT2D eigenvalue weighted by molar-refractivity contribution is -0.122. The molecule has 0 bridgehead atoms. The molecule has 3 rings (SSSR count). The monoisotopic (exact) mass is 353 g/mol. The van der Waals surface area contributed by atoms with Crippen molar-refractivity contribution in [1.29, 1.82) is 0 Å². The summed E-state index contributed by atoms with van der Waals surface area (Å²) in [4.78, 5) is 14.1. The molecule has 124 valence electrons. The topological polar surface area (TPSA) is 44.7 Å². The summed E-state index contributed by atoms with van der Waals surface area (Å²) in [5.74, 6) is -0.145. The van der Waals surface area contributed by atoms with E-state index in [0.717, 1.165) is 18.7 Å². The number of hydrazone groups is 1. The second-order valence-corrected chi connectivity index (χ2v) is 7.68. The van der Waals surface area contributed by atoms with Gasteiger partial charge in [0.2, 0.25) is 0 Å². The van der Waals surface area contributed by atoms with Gasteiger partial charge < -0.3 is 0 Å². The fraction of sp³-hybridized carbons (Fsp3) is 0.529. The Morgan fingerprint density at radius 2 is 1.96 bits per heavy atom. The molecule has 1 saturated heterocycles. The Kier molecular flexibility index (Phi) is 5.24. The van der Waals surface area contributed by atoms with Crippen LogP contribution in [0.2, 0.25) is 0 Å². The number of hydrogen-bond donors (Lipinski definition) is 1. The molecule has 1 heterocycles. The molecule has 2 atom stereocenters. The first-order chi connectivity index (χ1) is 11.1. The molecular formula is C17H21Cl2N3O. The van der Waals surface area contributed by atoms with Crippen molar-refractivity contribution in [3.63, 3.8) is 0 Å². The zero-order valence-electron chi connectivity index (χ0n) is 12.9. The van der Waals surface area contributed by atoms with Gasteiger partial charge in [0.15, 0.2) is 0 Å². The summed E-state index contributed by atoms with van der Waals surface area (Å²) in [6, 6.07) is 9.90. The summed E-state index contributed by atoms with van der Waals surface area (Å²) >= 11 is 12.7. The second-order valence-electron chi connectivity index (χ2n) is 6.24. The number of nitrogens with one attached hydrogen (secondary N) is 1. The summed E-state index contributed by atoms with van der Waals surface area (Å²) in [7, 11) is 0. The van der Waals surface area contributed by atoms with Gasteiger partial charge in [-0.2, -0.15) is 5.10 Å². The summed E-state index contributed by atoms with van der Waals surface area (Å²) < 4.78 is -0.845. The van der Waals surface area contributed by atoms with Crippen LogP contribution in [0.25, 0.3) is 0 Å². The van der Waals surface area contributed by atoms with Crippen LogP contribution in [0.3, 0.4) is 0 Å². The van der Waals surface area contributed by atoms with Gasteiger partial charge in [-0.25, -0.2) is 5.43 Å². The molecule has 1 N–H and O–H groups in total. The Hall–Kier alpha value is -1.10. The van der Waals surface area contributed by atoms with E-state index < -0.39 is 4.33 Å². The predicted molar refractivity (Wildman–Crippen MR) is 94.0 cm³/mol. The predicted octanol–water partition coefficient (Wildman–Crippen LogP) is 3.16. The molecule has 2 aliphatic rings. The first-order valence-corrected chi connectivity index (χ1v) is 8.82. The van der Waals surface area contributed by atoms with Crippen molar-refractivity contribution in [1.82, 2.24) is 10.3 Å². The maximum atomic E-state index is 11.9. The first kappa shape index (κ1) is 16.7. The highest BCUT2D eigenvalue weighted by molar-refractivity contribution is 6.53. The molecular weight excluding hydrogens is 333 g/mol. The summed E-state index contributed by atoms with van der Waals surface area (Å²) in [6.07, 6.45) is 5.24. The van der Waals surface area contributed by atoms with Gasteiger partial charge in [0.1, 0.15) is 4.33 Å². The fourth-order valence-electron chi connectivity index (χ4n) is 3.17. The summed E-state index contributed by atoms with van der Waals surface area (Å²) in [6.45, 7) is 2.38. The van der Waals surface area contributed by atoms with E-state index in [-0.39, 0.29) is 17.7 Å². The minimum absolute atomic E-state index is 0.0229. The van der Waals surface area contributed by atoms with E-state index in [1.165, 1.54) is 19.3 Å². The number of carbonyl (C=O) groups is 1. The lowest BCUT2D eigenvalue weighted by Gasteiger charge is -2.25. The number of carbonyl (C=O) groups excluding carboxylic acids is 1. The van der Waals surface area contributed by atoms with E-state index >= 15 is 0 Å². The number of alkyl halides is 2. The number of halogens is 2. The molecule has 1 aromatic carbocycles. The average molecular weight is 354 g/mol. The van der Waals surface area contributed by atoms with E-state index in [0.29, 0.717) is 6.54 Å². The van der Waals surface area contributed by atoms with E-state index in [1.807, 2.05) is 30.3 Å². The van der Waals surface area contributed by atoms with Crippen LogP contribution in [0.1, 0.15) is 30.7 Å². The Labute approximate surface area is 146 Å². The molecule has 0 aromatic heterocycles. The van der Waals surface area contributed by atoms with E-state index in [2.05, 4.69) is 15.4 Å². The number of amides is 1. The van der Waals surface area contributed by atoms with Crippen molar-refractivity contribution in [2.24, 2.45) is 11.0 Å². The zero-order chi connectivity index (χ0) is 16.3. The smallest absolute Gasteiger partial charge is 0.254 e. The normalized spacial score (nSPS) is 27.0. The molecule has 0 spiro atoms. The van der Waals surface area contributed by atoms with Crippen molar-refractivity contribution < 1.29 is 4.79 Å². The number of hydrogen-bond acceptors (Lipinski definition) is 3. The standard InChI is InChI=1S/C17H21Cl2N3O/c18-17(19)14(16(17)13-7-3-1-4-8-13)11-20-21-15(23)12-22-9-5-2-6-10-22/h1,3-4,7-8,11,14,16H,2,5-6,9-10,12H2,(H,21,23)/b20-11-/t14-,16-/m0/s1. The van der Waals surface area contributed by atoms with Crippen LogP contribution < -0.4 is 5.43 Å². The third-order valence-electron chi connectivity index (χ3n) is 4.51. The van der Waals surface area contributed by atoms with E-state index in [4.69, 9.17) is 23.2 Å². The third-order valence-corrected chi connectivity index (χ3v) is 5.48. The van der Waals surface area contributed by atoms with Gasteiger partial charge >= 0.3 is 0 Å². The second kappa shape index (κ2) is 7.20. The van der Waals surface area contributed by atoms with Gasteiger partial charge in [-0.1, -0.05) is 36.8 Å². The highest BCUT2D eigenvalue weighted by Gasteiger charge is 2.63. The van der Waals surface area contributed by atoms with Crippen molar-refractivity contribution in [3.8, 4) is 0 Å². The molecule has 1 amide bonds. The highest BCUT2D eigenvalue weighted by atomic mass is 35.5. The van der Waals surface area contributed by atoms with Crippen LogP contribution in [0.15, 0.2) is 35.4 Å². The number of benzene rings is 1. The molecule has 1 saturated carbocycles. The van der Waals surface area contributed by atoms with Crippen LogP contribution >= 0.6 is 23.2 Å². The van der Waals surface area contributed by atoms with Crippen LogP contribution in [-0.4, -0.2) is 41.0 Å². The number of nitrogens with zero attached hydrogens (tertiary/aromatic N) is 2. The minimum atomic E-state index is -0.845. The largest absolute Gasteiger partial charge is 0.294 e. The lowest BCUT2D eigenvalue weighted by atomic mass is 10.1. The van der Waals surface area contributed by atoms with Gasteiger partial charge in [-0.05, 0) is 31.5 Å². The molecule has 23 heavy (non-hydrogen) atoms. The van der Waals surface area contributed by atoms with Crippen molar-refractivity contribution in [3.05, 3.63) is 35.9 Å². The highest BCUT2D eigenvalue weighted by Crippen LogP contribution is 2.63. The van der Waals surface area contributed by atoms with Gasteiger partial charge in [-0.15, -0.1) is 23.2 Å². The fourth-order valence-corrected chi connectivity index (χ4v) is 3.93. The summed E-state index contributed by atoms with van der Waals surface area (Å²) in [5, 5.41) is 4.05. The van der Waals surface area contributed by atoms with Crippen molar-refractivity contribution >= 4 is 35.3 Å². The molecule has 6 heteroatoms. The lowest BCUT2D eigenvalue weighted by Crippen LogP contribution is -2.38. The van der Waals surface area contributed by atoms with Gasteiger partial charge in [-0.3, -0.25) is 9.69 Å². The molecule has 1 aliphatic carbocycles. The first-order valence-electron chi connectivity index (χ1n) is 8.06. The number of likely N-dealkylation sites (tertiary alicyclic amines) is 1. The Bertz CT molecular complexity index is 570. The van der Waals surface area contributed by atoms with Crippen LogP contribution in [0.5, 0.6) is 0 Å². The Morgan fingerprint density at radius 1 is 1.26 bits per heavy atom. The molecule has 0 unspecified atom stereocenters. The number of piperidine rings is 1. The van der Waals surface area contributed by atoms with E-state index in [1.54, 1.807) is 6.21 Å².